The Balaban J connectivity index is 1.39. The zero-order chi connectivity index (χ0) is 24.9. The van der Waals surface area contributed by atoms with Gasteiger partial charge in [-0.1, -0.05) is 72.8 Å². The quantitative estimate of drug-likeness (QED) is 0.377. The molecule has 2 heterocycles. The zero-order valence-corrected chi connectivity index (χ0v) is 20.8. The van der Waals surface area contributed by atoms with Gasteiger partial charge in [0.1, 0.15) is 5.82 Å². The van der Waals surface area contributed by atoms with Gasteiger partial charge in [0, 0.05) is 32.7 Å². The van der Waals surface area contributed by atoms with Crippen LogP contribution in [-0.4, -0.2) is 62.7 Å². The summed E-state index contributed by atoms with van der Waals surface area (Å²) in [5.74, 6) is 0.498. The molecule has 1 atom stereocenters. The van der Waals surface area contributed by atoms with E-state index in [1.54, 1.807) is 0 Å². The van der Waals surface area contributed by atoms with Crippen LogP contribution in [0.2, 0.25) is 0 Å². The largest absolute Gasteiger partial charge is 0.297 e. The number of aromatic nitrogens is 4. The Morgan fingerprint density at radius 2 is 1.56 bits per heavy atom. The second-order valence-electron chi connectivity index (χ2n) is 9.29. The molecule has 7 heteroatoms. The van der Waals surface area contributed by atoms with Gasteiger partial charge in [0.15, 0.2) is 5.82 Å². The highest BCUT2D eigenvalue weighted by Crippen LogP contribution is 2.31. The SMILES string of the molecule is Cc1cccc(C)c1-n1nnnc1[C@H](c1ccc(F)cc1)N1CCN(C/C=C/c2ccccc2)CC1. The van der Waals surface area contributed by atoms with Crippen LogP contribution in [0.1, 0.15) is 34.1 Å². The Kier molecular flexibility index (Phi) is 7.30. The van der Waals surface area contributed by atoms with E-state index in [0.717, 1.165) is 60.9 Å². The van der Waals surface area contributed by atoms with Gasteiger partial charge >= 0.3 is 0 Å². The lowest BCUT2D eigenvalue weighted by molar-refractivity contribution is 0.113. The first-order valence-corrected chi connectivity index (χ1v) is 12.4. The average Bonchev–Trinajstić information content (AvgIpc) is 3.36. The highest BCUT2D eigenvalue weighted by atomic mass is 19.1. The van der Waals surface area contributed by atoms with Gasteiger partial charge in [-0.05, 0) is 58.7 Å². The Labute approximate surface area is 211 Å². The van der Waals surface area contributed by atoms with Gasteiger partial charge in [-0.2, -0.15) is 4.68 Å². The lowest BCUT2D eigenvalue weighted by atomic mass is 10.0. The molecule has 0 unspecified atom stereocenters. The van der Waals surface area contributed by atoms with E-state index in [9.17, 15) is 4.39 Å². The normalized spacial score (nSPS) is 16.0. The third kappa shape index (κ3) is 5.27. The number of aryl methyl sites for hydroxylation is 2. The summed E-state index contributed by atoms with van der Waals surface area (Å²) in [5, 5.41) is 12.9. The number of halogens is 1. The maximum Gasteiger partial charge on any atom is 0.178 e. The number of nitrogens with zero attached hydrogens (tertiary/aromatic N) is 6. The maximum atomic E-state index is 13.8. The molecule has 36 heavy (non-hydrogen) atoms. The van der Waals surface area contributed by atoms with E-state index in [-0.39, 0.29) is 11.9 Å². The summed E-state index contributed by atoms with van der Waals surface area (Å²) < 4.78 is 15.7. The Morgan fingerprint density at radius 1 is 0.861 bits per heavy atom. The van der Waals surface area contributed by atoms with Crippen molar-refractivity contribution in [2.45, 2.75) is 19.9 Å². The van der Waals surface area contributed by atoms with Crippen LogP contribution in [0.15, 0.2) is 78.9 Å². The first kappa shape index (κ1) is 24.0. The Morgan fingerprint density at radius 3 is 2.25 bits per heavy atom. The minimum atomic E-state index is -0.248. The molecule has 0 spiro atoms. The molecule has 1 aliphatic rings. The van der Waals surface area contributed by atoms with Crippen molar-refractivity contribution in [1.29, 1.82) is 0 Å². The number of para-hydroxylation sites is 1. The van der Waals surface area contributed by atoms with Crippen LogP contribution in [0.3, 0.4) is 0 Å². The van der Waals surface area contributed by atoms with E-state index in [1.807, 2.05) is 28.9 Å². The molecule has 0 N–H and O–H groups in total. The van der Waals surface area contributed by atoms with E-state index in [4.69, 9.17) is 0 Å². The summed E-state index contributed by atoms with van der Waals surface area (Å²) in [5.41, 5.74) is 5.41. The number of rotatable bonds is 7. The van der Waals surface area contributed by atoms with Crippen LogP contribution in [0.4, 0.5) is 4.39 Å². The number of benzene rings is 3. The number of piperazine rings is 1. The second-order valence-corrected chi connectivity index (χ2v) is 9.29. The van der Waals surface area contributed by atoms with Gasteiger partial charge in [-0.3, -0.25) is 9.80 Å². The molecule has 0 radical (unpaired) electrons. The molecule has 3 aromatic carbocycles. The van der Waals surface area contributed by atoms with Crippen LogP contribution >= 0.6 is 0 Å². The van der Waals surface area contributed by atoms with Crippen LogP contribution in [0, 0.1) is 19.7 Å². The first-order chi connectivity index (χ1) is 17.6. The minimum Gasteiger partial charge on any atom is -0.297 e. The van der Waals surface area contributed by atoms with Crippen molar-refractivity contribution in [3.05, 3.63) is 113 Å². The third-order valence-corrected chi connectivity index (χ3v) is 6.82. The van der Waals surface area contributed by atoms with E-state index < -0.39 is 0 Å². The van der Waals surface area contributed by atoms with Gasteiger partial charge in [-0.15, -0.1) is 5.10 Å². The van der Waals surface area contributed by atoms with Crippen molar-refractivity contribution in [3.63, 3.8) is 0 Å². The molecule has 0 aliphatic carbocycles. The van der Waals surface area contributed by atoms with Gasteiger partial charge in [0.05, 0.1) is 11.7 Å². The standard InChI is InChI=1S/C29H31FN6/c1-22-8-6-9-23(2)27(22)36-29(31-32-33-36)28(25-13-15-26(30)16-14-25)35-20-18-34(19-21-35)17-7-12-24-10-4-3-5-11-24/h3-16,28H,17-21H2,1-2H3/b12-7+/t28-/m0/s1. The molecule has 1 aliphatic heterocycles. The first-order valence-electron chi connectivity index (χ1n) is 12.4. The van der Waals surface area contributed by atoms with E-state index in [0.29, 0.717) is 0 Å². The van der Waals surface area contributed by atoms with Gasteiger partial charge in [0.2, 0.25) is 0 Å². The highest BCUT2D eigenvalue weighted by Gasteiger charge is 2.31. The van der Waals surface area contributed by atoms with Crippen molar-refractivity contribution in [3.8, 4) is 5.69 Å². The van der Waals surface area contributed by atoms with Crippen LogP contribution in [-0.2, 0) is 0 Å². The molecule has 184 valence electrons. The third-order valence-electron chi connectivity index (χ3n) is 6.82. The van der Waals surface area contributed by atoms with E-state index in [1.165, 1.54) is 17.7 Å². The monoisotopic (exact) mass is 482 g/mol. The smallest absolute Gasteiger partial charge is 0.178 e. The summed E-state index contributed by atoms with van der Waals surface area (Å²) in [6, 6.07) is 23.1. The molecule has 5 rings (SSSR count). The molecule has 0 amide bonds. The molecule has 4 aromatic rings. The van der Waals surface area contributed by atoms with Crippen LogP contribution < -0.4 is 0 Å². The fourth-order valence-corrected chi connectivity index (χ4v) is 4.94. The van der Waals surface area contributed by atoms with E-state index in [2.05, 4.69) is 87.7 Å². The molecule has 1 saturated heterocycles. The number of tetrazole rings is 1. The van der Waals surface area contributed by atoms with Crippen molar-refractivity contribution >= 4 is 6.08 Å². The zero-order valence-electron chi connectivity index (χ0n) is 20.8. The van der Waals surface area contributed by atoms with Crippen LogP contribution in [0.5, 0.6) is 0 Å². The van der Waals surface area contributed by atoms with Crippen LogP contribution in [0.25, 0.3) is 11.8 Å². The summed E-state index contributed by atoms with van der Waals surface area (Å²) in [6.45, 7) is 8.64. The van der Waals surface area contributed by atoms with Crippen molar-refractivity contribution < 1.29 is 4.39 Å². The summed E-state index contributed by atoms with van der Waals surface area (Å²) in [6.07, 6.45) is 4.40. The summed E-state index contributed by atoms with van der Waals surface area (Å²) in [4.78, 5) is 4.85. The Bertz CT molecular complexity index is 1290. The molecule has 1 fully saturated rings. The number of hydrogen-bond acceptors (Lipinski definition) is 5. The average molecular weight is 483 g/mol. The molecule has 0 saturated carbocycles. The second kappa shape index (κ2) is 10.9. The fourth-order valence-electron chi connectivity index (χ4n) is 4.94. The summed E-state index contributed by atoms with van der Waals surface area (Å²) >= 11 is 0. The summed E-state index contributed by atoms with van der Waals surface area (Å²) in [7, 11) is 0. The van der Waals surface area contributed by atoms with Gasteiger partial charge < -0.3 is 0 Å². The predicted molar refractivity (Wildman–Crippen MR) is 140 cm³/mol. The predicted octanol–water partition coefficient (Wildman–Crippen LogP) is 4.84. The molecule has 1 aromatic heterocycles. The lowest BCUT2D eigenvalue weighted by Gasteiger charge is -2.38. The maximum absolute atomic E-state index is 13.8. The van der Waals surface area contributed by atoms with Crippen molar-refractivity contribution in [1.82, 2.24) is 30.0 Å². The Hall–Kier alpha value is -3.68. The molecular weight excluding hydrogens is 451 g/mol. The van der Waals surface area contributed by atoms with E-state index >= 15 is 0 Å². The molecule has 0 bridgehead atoms. The van der Waals surface area contributed by atoms with Crippen molar-refractivity contribution in [2.75, 3.05) is 32.7 Å². The number of hydrogen-bond donors (Lipinski definition) is 0. The molecule has 6 nitrogen and oxygen atoms in total. The van der Waals surface area contributed by atoms with Gasteiger partial charge in [0.25, 0.3) is 0 Å². The topological polar surface area (TPSA) is 50.1 Å². The molecular formula is C29H31FN6. The fraction of sp³-hybridized carbons (Fsp3) is 0.276. The van der Waals surface area contributed by atoms with Gasteiger partial charge in [-0.25, -0.2) is 4.39 Å². The minimum absolute atomic E-state index is 0.179. The van der Waals surface area contributed by atoms with Crippen molar-refractivity contribution in [2.24, 2.45) is 0 Å². The lowest BCUT2D eigenvalue weighted by Crippen LogP contribution is -2.48. The highest BCUT2D eigenvalue weighted by molar-refractivity contribution is 5.49.